The maximum Gasteiger partial charge on any atom is 0.417 e. The van der Waals surface area contributed by atoms with Crippen LogP contribution in [0.5, 0.6) is 5.88 Å². The Morgan fingerprint density at radius 1 is 1.35 bits per heavy atom. The monoisotopic (exact) mass is 446 g/mol. The quantitative estimate of drug-likeness (QED) is 0.320. The number of pyridine rings is 1. The third-order valence-corrected chi connectivity index (χ3v) is 6.25. The van der Waals surface area contributed by atoms with E-state index in [4.69, 9.17) is 9.47 Å². The molecule has 9 heteroatoms. The summed E-state index contributed by atoms with van der Waals surface area (Å²) in [5.41, 5.74) is -2.31. The molecule has 5 nitrogen and oxygen atoms in total. The zero-order valence-corrected chi connectivity index (χ0v) is 17.9. The Kier molecular flexibility index (Phi) is 7.44. The maximum atomic E-state index is 14.3. The van der Waals surface area contributed by atoms with Gasteiger partial charge in [-0.1, -0.05) is 39.5 Å². The first-order valence-electron chi connectivity index (χ1n) is 11.0. The van der Waals surface area contributed by atoms with Crippen molar-refractivity contribution in [2.45, 2.75) is 83.2 Å². The lowest BCUT2D eigenvalue weighted by atomic mass is 9.76. The summed E-state index contributed by atoms with van der Waals surface area (Å²) in [4.78, 5) is 16.3. The fourth-order valence-corrected chi connectivity index (χ4v) is 4.27. The normalized spacial score (nSPS) is 26.5. The number of piperidine rings is 2. The Balaban J connectivity index is 1.69. The average molecular weight is 446 g/mol. The zero-order valence-electron chi connectivity index (χ0n) is 17.9. The van der Waals surface area contributed by atoms with Crippen LogP contribution in [0.25, 0.3) is 0 Å². The molecule has 0 aromatic carbocycles. The van der Waals surface area contributed by atoms with E-state index in [1.807, 2.05) is 6.92 Å². The number of ether oxygens (including phenoxy) is 2. The van der Waals surface area contributed by atoms with Gasteiger partial charge >= 0.3 is 12.1 Å². The van der Waals surface area contributed by atoms with Gasteiger partial charge in [0.05, 0.1) is 11.5 Å². The van der Waals surface area contributed by atoms with Crippen LogP contribution in [0.2, 0.25) is 0 Å². The lowest BCUT2D eigenvalue weighted by Crippen LogP contribution is -2.67. The highest BCUT2D eigenvalue weighted by atomic mass is 19.4. The summed E-state index contributed by atoms with van der Waals surface area (Å²) < 4.78 is 64.2. The molecule has 0 amide bonds. The smallest absolute Gasteiger partial charge is 0.417 e. The number of unbranched alkanes of at least 4 members (excludes halogenated alkanes) is 3. The highest BCUT2D eigenvalue weighted by Crippen LogP contribution is 2.41. The lowest BCUT2D eigenvalue weighted by Gasteiger charge is -2.50. The molecule has 1 aromatic rings. The number of rotatable bonds is 9. The molecule has 1 saturated carbocycles. The molecule has 3 fully saturated rings. The molecule has 0 spiro atoms. The second-order valence-electron chi connectivity index (χ2n) is 8.70. The van der Waals surface area contributed by atoms with Crippen LogP contribution in [0.4, 0.5) is 17.6 Å². The third-order valence-electron chi connectivity index (χ3n) is 6.25. The van der Waals surface area contributed by atoms with Gasteiger partial charge in [-0.05, 0) is 31.2 Å². The number of carbonyl (C=O) groups is 1. The minimum absolute atomic E-state index is 0.259. The molecule has 2 saturated heterocycles. The lowest BCUT2D eigenvalue weighted by molar-refractivity contribution is -0.203. The van der Waals surface area contributed by atoms with Crippen molar-refractivity contribution in [1.29, 1.82) is 0 Å². The van der Waals surface area contributed by atoms with E-state index in [-0.39, 0.29) is 17.8 Å². The molecule has 1 N–H and O–H groups in total. The zero-order chi connectivity index (χ0) is 22.6. The molecule has 0 radical (unpaired) electrons. The fraction of sp³-hybridized carbons (Fsp3) is 0.727. The van der Waals surface area contributed by atoms with Crippen LogP contribution in [0.1, 0.15) is 70.8 Å². The van der Waals surface area contributed by atoms with Gasteiger partial charge in [0.1, 0.15) is 0 Å². The van der Waals surface area contributed by atoms with Gasteiger partial charge in [0.2, 0.25) is 5.72 Å². The number of nitrogens with zero attached hydrogens (tertiary/aromatic N) is 1. The minimum atomic E-state index is -4.69. The van der Waals surface area contributed by atoms with Crippen molar-refractivity contribution >= 4 is 5.97 Å². The molecule has 174 valence electrons. The van der Waals surface area contributed by atoms with E-state index in [9.17, 15) is 22.4 Å². The molecule has 1 aromatic heterocycles. The van der Waals surface area contributed by atoms with E-state index in [0.29, 0.717) is 31.6 Å². The standard InChI is InChI=1S/C22H30F4N2O3/c1-3-4-5-6-7-14(2)20(29)31-21-9-8-15(12-28-21)10-18(21)30-19-17(23)11-16(13-27-19)22(24,25)26/h11,13-15,18,28H,3-10,12H2,1-2H3/t14?,15-,18-,21+/m1/s1. The van der Waals surface area contributed by atoms with Crippen LogP contribution in [-0.2, 0) is 15.7 Å². The minimum Gasteiger partial charge on any atom is -0.466 e. The number of esters is 1. The SMILES string of the molecule is CCCCCCC(C)C(=O)O[C@]12CC[C@@H](CN1)C[C@H]2Oc1ncc(C(F)(F)F)cc1F. The highest BCUT2D eigenvalue weighted by Gasteiger charge is 2.53. The van der Waals surface area contributed by atoms with Crippen molar-refractivity contribution in [1.82, 2.24) is 10.3 Å². The second kappa shape index (κ2) is 9.71. The summed E-state index contributed by atoms with van der Waals surface area (Å²) in [5.74, 6) is -2.08. The van der Waals surface area contributed by atoms with E-state index in [1.54, 1.807) is 0 Å². The summed E-state index contributed by atoms with van der Waals surface area (Å²) in [6.45, 7) is 4.59. The molecule has 2 bridgehead atoms. The van der Waals surface area contributed by atoms with Crippen LogP contribution in [0.3, 0.4) is 0 Å². The van der Waals surface area contributed by atoms with Gasteiger partial charge in [-0.25, -0.2) is 9.37 Å². The Morgan fingerprint density at radius 3 is 2.74 bits per heavy atom. The van der Waals surface area contributed by atoms with Crippen LogP contribution < -0.4 is 10.1 Å². The Bertz CT molecular complexity index is 764. The van der Waals surface area contributed by atoms with Crippen molar-refractivity contribution in [3.63, 3.8) is 0 Å². The van der Waals surface area contributed by atoms with Crippen LogP contribution >= 0.6 is 0 Å². The summed E-state index contributed by atoms with van der Waals surface area (Å²) in [7, 11) is 0. The first kappa shape index (κ1) is 23.8. The van der Waals surface area contributed by atoms with E-state index in [2.05, 4.69) is 17.2 Å². The number of alkyl halides is 3. The van der Waals surface area contributed by atoms with E-state index >= 15 is 0 Å². The van der Waals surface area contributed by atoms with Crippen molar-refractivity contribution in [3.8, 4) is 5.88 Å². The second-order valence-corrected chi connectivity index (χ2v) is 8.70. The number of hydrogen-bond donors (Lipinski definition) is 1. The van der Waals surface area contributed by atoms with Crippen LogP contribution in [0, 0.1) is 17.7 Å². The van der Waals surface area contributed by atoms with E-state index in [1.165, 1.54) is 0 Å². The molecule has 3 aliphatic rings. The Morgan fingerprint density at radius 2 is 2.13 bits per heavy atom. The number of halogens is 4. The summed E-state index contributed by atoms with van der Waals surface area (Å²) >= 11 is 0. The van der Waals surface area contributed by atoms with Crippen molar-refractivity contribution < 1.29 is 31.8 Å². The first-order chi connectivity index (χ1) is 14.6. The molecule has 1 unspecified atom stereocenters. The van der Waals surface area contributed by atoms with Gasteiger partial charge in [0.15, 0.2) is 11.9 Å². The number of aromatic nitrogens is 1. The first-order valence-corrected chi connectivity index (χ1v) is 11.0. The van der Waals surface area contributed by atoms with Crippen molar-refractivity contribution in [3.05, 3.63) is 23.6 Å². The Hall–Kier alpha value is -1.90. The molecule has 31 heavy (non-hydrogen) atoms. The number of hydrogen-bond acceptors (Lipinski definition) is 5. The van der Waals surface area contributed by atoms with Gasteiger partial charge in [0, 0.05) is 19.2 Å². The third kappa shape index (κ3) is 5.67. The predicted molar refractivity (Wildman–Crippen MR) is 106 cm³/mol. The molecular weight excluding hydrogens is 416 g/mol. The molecular formula is C22H30F4N2O3. The Labute approximate surface area is 179 Å². The largest absolute Gasteiger partial charge is 0.466 e. The van der Waals surface area contributed by atoms with Gasteiger partial charge in [-0.3, -0.25) is 10.1 Å². The van der Waals surface area contributed by atoms with Gasteiger partial charge < -0.3 is 9.47 Å². The summed E-state index contributed by atoms with van der Waals surface area (Å²) in [5, 5.41) is 3.22. The number of nitrogens with one attached hydrogen (secondary N) is 1. The van der Waals surface area contributed by atoms with E-state index in [0.717, 1.165) is 38.5 Å². The van der Waals surface area contributed by atoms with Gasteiger partial charge in [0.25, 0.3) is 5.88 Å². The van der Waals surface area contributed by atoms with Crippen LogP contribution in [-0.4, -0.2) is 29.3 Å². The molecule has 4 rings (SSSR count). The van der Waals surface area contributed by atoms with Crippen molar-refractivity contribution in [2.75, 3.05) is 6.54 Å². The molecule has 1 aliphatic carbocycles. The highest BCUT2D eigenvalue weighted by molar-refractivity contribution is 5.72. The van der Waals surface area contributed by atoms with Crippen molar-refractivity contribution in [2.24, 2.45) is 11.8 Å². The average Bonchev–Trinajstić information content (AvgIpc) is 2.72. The fourth-order valence-electron chi connectivity index (χ4n) is 4.27. The summed E-state index contributed by atoms with van der Waals surface area (Å²) in [6, 6.07) is 0.369. The topological polar surface area (TPSA) is 60.5 Å². The number of carbonyl (C=O) groups excluding carboxylic acids is 1. The molecule has 4 atom stereocenters. The van der Waals surface area contributed by atoms with Crippen LogP contribution in [0.15, 0.2) is 12.3 Å². The maximum absolute atomic E-state index is 14.3. The predicted octanol–water partition coefficient (Wildman–Crippen LogP) is 5.24. The molecule has 3 heterocycles. The summed E-state index contributed by atoms with van der Waals surface area (Å²) in [6.07, 6.45) is 1.91. The van der Waals surface area contributed by atoms with Gasteiger partial charge in [-0.15, -0.1) is 0 Å². The number of fused-ring (bicyclic) bond motifs is 3. The van der Waals surface area contributed by atoms with E-state index < -0.39 is 35.3 Å². The molecule has 2 aliphatic heterocycles. The van der Waals surface area contributed by atoms with Gasteiger partial charge in [-0.2, -0.15) is 13.2 Å².